The molecule has 0 aromatic carbocycles. The molecule has 0 aromatic rings. The van der Waals surface area contributed by atoms with E-state index in [9.17, 15) is 9.59 Å². The van der Waals surface area contributed by atoms with E-state index < -0.39 is 5.97 Å². The molecule has 4 aliphatic rings. The average molecular weight is 263 g/mol. The van der Waals surface area contributed by atoms with Crippen molar-refractivity contribution in [3.63, 3.8) is 0 Å². The molecule has 0 spiro atoms. The van der Waals surface area contributed by atoms with E-state index in [1.54, 1.807) is 6.92 Å². The SMILES string of the molecule is C/C=C(\NC(=O)C12CC3CC(CC(C3)C1)C2)C(=O)O. The summed E-state index contributed by atoms with van der Waals surface area (Å²) in [6.45, 7) is 1.64. The first-order chi connectivity index (χ1) is 9.02. The molecule has 4 bridgehead atoms. The van der Waals surface area contributed by atoms with E-state index in [4.69, 9.17) is 5.11 Å². The Labute approximate surface area is 113 Å². The molecule has 104 valence electrons. The van der Waals surface area contributed by atoms with Crippen molar-refractivity contribution in [2.75, 3.05) is 0 Å². The second-order valence-electron chi connectivity index (χ2n) is 6.66. The van der Waals surface area contributed by atoms with Gasteiger partial charge in [0.25, 0.3) is 0 Å². The highest BCUT2D eigenvalue weighted by Gasteiger charge is 2.54. The lowest BCUT2D eigenvalue weighted by molar-refractivity contribution is -0.147. The number of amides is 1. The van der Waals surface area contributed by atoms with E-state index in [0.717, 1.165) is 19.3 Å². The first-order valence-electron chi connectivity index (χ1n) is 7.23. The van der Waals surface area contributed by atoms with Crippen molar-refractivity contribution in [1.29, 1.82) is 0 Å². The Bertz CT molecular complexity index is 417. The number of nitrogens with one attached hydrogen (secondary N) is 1. The van der Waals surface area contributed by atoms with Gasteiger partial charge in [-0.15, -0.1) is 0 Å². The molecule has 19 heavy (non-hydrogen) atoms. The minimum Gasteiger partial charge on any atom is -0.477 e. The minimum absolute atomic E-state index is 0.0146. The van der Waals surface area contributed by atoms with E-state index >= 15 is 0 Å². The largest absolute Gasteiger partial charge is 0.477 e. The van der Waals surface area contributed by atoms with Crippen LogP contribution in [0.4, 0.5) is 0 Å². The number of allylic oxidation sites excluding steroid dienone is 1. The molecule has 0 unspecified atom stereocenters. The molecule has 4 rings (SSSR count). The Morgan fingerprint density at radius 2 is 1.58 bits per heavy atom. The standard InChI is InChI=1S/C15H21NO3/c1-2-12(13(17)18)16-14(19)15-6-9-3-10(7-15)5-11(4-9)8-15/h2,9-11H,3-8H2,1H3,(H,16,19)(H,17,18)/b12-2-. The summed E-state index contributed by atoms with van der Waals surface area (Å²) < 4.78 is 0. The van der Waals surface area contributed by atoms with Crippen molar-refractivity contribution in [3.05, 3.63) is 11.8 Å². The van der Waals surface area contributed by atoms with Crippen molar-refractivity contribution < 1.29 is 14.7 Å². The van der Waals surface area contributed by atoms with E-state index in [1.165, 1.54) is 25.3 Å². The van der Waals surface area contributed by atoms with Gasteiger partial charge in [-0.1, -0.05) is 6.08 Å². The van der Waals surface area contributed by atoms with Crippen LogP contribution in [0.1, 0.15) is 45.4 Å². The zero-order valence-electron chi connectivity index (χ0n) is 11.3. The van der Waals surface area contributed by atoms with Crippen molar-refractivity contribution in [1.82, 2.24) is 5.32 Å². The molecule has 2 N–H and O–H groups in total. The molecule has 0 aromatic heterocycles. The lowest BCUT2D eigenvalue weighted by Gasteiger charge is -2.55. The van der Waals surface area contributed by atoms with E-state index in [-0.39, 0.29) is 17.0 Å². The summed E-state index contributed by atoms with van der Waals surface area (Å²) in [6.07, 6.45) is 8.18. The molecule has 0 heterocycles. The molecule has 1 amide bonds. The minimum atomic E-state index is -1.06. The first-order valence-corrected chi connectivity index (χ1v) is 7.23. The maximum absolute atomic E-state index is 12.6. The highest BCUT2D eigenvalue weighted by atomic mass is 16.4. The smallest absolute Gasteiger partial charge is 0.352 e. The molecule has 4 fully saturated rings. The monoisotopic (exact) mass is 263 g/mol. The quantitative estimate of drug-likeness (QED) is 0.768. The normalized spacial score (nSPS) is 40.3. The molecule has 0 radical (unpaired) electrons. The summed E-state index contributed by atoms with van der Waals surface area (Å²) >= 11 is 0. The summed E-state index contributed by atoms with van der Waals surface area (Å²) in [6, 6.07) is 0. The Morgan fingerprint density at radius 3 is 1.95 bits per heavy atom. The van der Waals surface area contributed by atoms with Gasteiger partial charge in [0.1, 0.15) is 5.70 Å². The predicted molar refractivity (Wildman–Crippen MR) is 70.1 cm³/mol. The third-order valence-corrected chi connectivity index (χ3v) is 5.29. The molecular formula is C15H21NO3. The van der Waals surface area contributed by atoms with Gasteiger partial charge in [-0.05, 0) is 63.2 Å². The van der Waals surface area contributed by atoms with Crippen molar-refractivity contribution in [3.8, 4) is 0 Å². The molecule has 0 aliphatic heterocycles. The van der Waals surface area contributed by atoms with Crippen LogP contribution in [0.3, 0.4) is 0 Å². The summed E-state index contributed by atoms with van der Waals surface area (Å²) in [7, 11) is 0. The van der Waals surface area contributed by atoms with Crippen LogP contribution in [0.5, 0.6) is 0 Å². The highest BCUT2D eigenvalue weighted by molar-refractivity contribution is 5.94. The van der Waals surface area contributed by atoms with Crippen molar-refractivity contribution in [2.45, 2.75) is 45.4 Å². The van der Waals surface area contributed by atoms with Gasteiger partial charge >= 0.3 is 5.97 Å². The predicted octanol–water partition coefficient (Wildman–Crippen LogP) is 2.31. The second-order valence-corrected chi connectivity index (χ2v) is 6.66. The molecular weight excluding hydrogens is 242 g/mol. The van der Waals surface area contributed by atoms with Crippen LogP contribution < -0.4 is 5.32 Å². The summed E-state index contributed by atoms with van der Waals surface area (Å²) in [4.78, 5) is 23.6. The number of carbonyl (C=O) groups is 2. The Balaban J connectivity index is 1.78. The van der Waals surface area contributed by atoms with Gasteiger partial charge in [-0.3, -0.25) is 4.79 Å². The zero-order chi connectivity index (χ0) is 13.6. The Hall–Kier alpha value is -1.32. The van der Waals surface area contributed by atoms with Gasteiger partial charge in [-0.25, -0.2) is 4.79 Å². The van der Waals surface area contributed by atoms with Crippen LogP contribution in [0.25, 0.3) is 0 Å². The van der Waals surface area contributed by atoms with Gasteiger partial charge in [0.05, 0.1) is 5.41 Å². The fraction of sp³-hybridized carbons (Fsp3) is 0.733. The van der Waals surface area contributed by atoms with Crippen LogP contribution in [-0.4, -0.2) is 17.0 Å². The lowest BCUT2D eigenvalue weighted by Crippen LogP contribution is -2.53. The van der Waals surface area contributed by atoms with Crippen LogP contribution in [0.15, 0.2) is 11.8 Å². The summed E-state index contributed by atoms with van der Waals surface area (Å²) in [5.41, 5.74) is -0.265. The highest BCUT2D eigenvalue weighted by Crippen LogP contribution is 2.60. The number of carboxylic acid groups (broad SMARTS) is 1. The number of hydrogen-bond acceptors (Lipinski definition) is 2. The van der Waals surface area contributed by atoms with Gasteiger partial charge in [0, 0.05) is 0 Å². The number of aliphatic carboxylic acids is 1. The van der Waals surface area contributed by atoms with Crippen LogP contribution >= 0.6 is 0 Å². The Morgan fingerprint density at radius 1 is 1.11 bits per heavy atom. The molecule has 4 saturated carbocycles. The van der Waals surface area contributed by atoms with Crippen LogP contribution in [0, 0.1) is 23.2 Å². The summed E-state index contributed by atoms with van der Waals surface area (Å²) in [5, 5.41) is 11.7. The average Bonchev–Trinajstić information content (AvgIpc) is 2.33. The zero-order valence-corrected chi connectivity index (χ0v) is 11.3. The third kappa shape index (κ3) is 2.07. The number of carbonyl (C=O) groups excluding carboxylic acids is 1. The van der Waals surface area contributed by atoms with E-state index in [1.807, 2.05) is 0 Å². The van der Waals surface area contributed by atoms with Crippen molar-refractivity contribution in [2.24, 2.45) is 23.2 Å². The van der Waals surface area contributed by atoms with Crippen LogP contribution in [0.2, 0.25) is 0 Å². The van der Waals surface area contributed by atoms with E-state index in [2.05, 4.69) is 5.32 Å². The summed E-state index contributed by atoms with van der Waals surface area (Å²) in [5.74, 6) is 0.963. The number of rotatable bonds is 3. The van der Waals surface area contributed by atoms with Crippen molar-refractivity contribution >= 4 is 11.9 Å². The van der Waals surface area contributed by atoms with Crippen LogP contribution in [-0.2, 0) is 9.59 Å². The molecule has 0 atom stereocenters. The lowest BCUT2D eigenvalue weighted by atomic mass is 9.49. The number of hydrogen-bond donors (Lipinski definition) is 2. The van der Waals surface area contributed by atoms with Gasteiger partial charge in [-0.2, -0.15) is 0 Å². The van der Waals surface area contributed by atoms with Gasteiger partial charge in [0.2, 0.25) is 5.91 Å². The molecule has 4 heteroatoms. The molecule has 4 nitrogen and oxygen atoms in total. The fourth-order valence-corrected chi connectivity index (χ4v) is 4.89. The second kappa shape index (κ2) is 4.36. The Kier molecular flexibility index (Phi) is 2.91. The fourth-order valence-electron chi connectivity index (χ4n) is 4.89. The maximum atomic E-state index is 12.6. The van der Waals surface area contributed by atoms with E-state index in [0.29, 0.717) is 17.8 Å². The maximum Gasteiger partial charge on any atom is 0.352 e. The van der Waals surface area contributed by atoms with Gasteiger partial charge in [0.15, 0.2) is 0 Å². The first kappa shape index (κ1) is 12.7. The molecule has 4 aliphatic carbocycles. The third-order valence-electron chi connectivity index (χ3n) is 5.29. The van der Waals surface area contributed by atoms with Gasteiger partial charge < -0.3 is 10.4 Å². The molecule has 0 saturated heterocycles. The number of carboxylic acids is 1. The topological polar surface area (TPSA) is 66.4 Å².